The Balaban J connectivity index is 1.83. The summed E-state index contributed by atoms with van der Waals surface area (Å²) < 4.78 is 0. The molecule has 0 saturated heterocycles. The van der Waals surface area contributed by atoms with E-state index in [1.54, 1.807) is 0 Å². The molecule has 0 aliphatic heterocycles. The Bertz CT molecular complexity index is 711. The first-order valence-electron chi connectivity index (χ1n) is 6.77. The minimum atomic E-state index is 0.702. The van der Waals surface area contributed by atoms with Crippen molar-refractivity contribution in [2.75, 3.05) is 12.3 Å². The lowest BCUT2D eigenvalue weighted by molar-refractivity contribution is 0.652. The van der Waals surface area contributed by atoms with E-state index < -0.39 is 0 Å². The molecule has 6 heteroatoms. The summed E-state index contributed by atoms with van der Waals surface area (Å²) in [6.45, 7) is 3.81. The summed E-state index contributed by atoms with van der Waals surface area (Å²) in [6, 6.07) is 7.81. The number of benzene rings is 1. The topological polar surface area (TPSA) is 95.4 Å². The summed E-state index contributed by atoms with van der Waals surface area (Å²) in [5.41, 5.74) is 8.50. The van der Waals surface area contributed by atoms with Crippen molar-refractivity contribution in [2.45, 2.75) is 19.9 Å². The molecule has 1 aromatic carbocycles. The predicted octanol–water partition coefficient (Wildman–Crippen LogP) is 2.03. The molecule has 104 valence electrons. The van der Waals surface area contributed by atoms with Gasteiger partial charge in [-0.05, 0) is 37.2 Å². The molecule has 0 fully saturated rings. The fraction of sp³-hybridized carbons (Fsp3) is 0.286. The first kappa shape index (κ1) is 12.7. The van der Waals surface area contributed by atoms with Gasteiger partial charge in [0.05, 0.1) is 12.2 Å². The number of nitrogens with one attached hydrogen (secondary N) is 3. The largest absolute Gasteiger partial charge is 0.399 e. The molecule has 0 radical (unpaired) electrons. The third kappa shape index (κ3) is 2.50. The van der Waals surface area contributed by atoms with Crippen LogP contribution in [0.2, 0.25) is 0 Å². The number of nitrogen functional groups attached to an aromatic ring is 1. The SMILES string of the molecule is CCCNCc1nnc(-c2cc3cc(N)ccc3[nH]2)[nH]1. The number of hydrogen-bond donors (Lipinski definition) is 4. The van der Waals surface area contributed by atoms with Crippen molar-refractivity contribution in [3.8, 4) is 11.5 Å². The van der Waals surface area contributed by atoms with Crippen LogP contribution in [0.3, 0.4) is 0 Å². The Hall–Kier alpha value is -2.34. The summed E-state index contributed by atoms with van der Waals surface area (Å²) in [4.78, 5) is 6.53. The number of rotatable bonds is 5. The molecule has 20 heavy (non-hydrogen) atoms. The molecule has 0 atom stereocenters. The third-order valence-corrected chi connectivity index (χ3v) is 3.15. The molecule has 3 aromatic rings. The number of fused-ring (bicyclic) bond motifs is 1. The smallest absolute Gasteiger partial charge is 0.177 e. The van der Waals surface area contributed by atoms with Gasteiger partial charge in [-0.15, -0.1) is 10.2 Å². The molecule has 6 nitrogen and oxygen atoms in total. The number of aromatic nitrogens is 4. The highest BCUT2D eigenvalue weighted by atomic mass is 15.2. The average Bonchev–Trinajstić information content (AvgIpc) is 3.04. The van der Waals surface area contributed by atoms with Crippen LogP contribution in [0.1, 0.15) is 19.2 Å². The predicted molar refractivity (Wildman–Crippen MR) is 80.1 cm³/mol. The molecular formula is C14H18N6. The van der Waals surface area contributed by atoms with E-state index in [-0.39, 0.29) is 0 Å². The maximum Gasteiger partial charge on any atom is 0.177 e. The molecule has 0 spiro atoms. The van der Waals surface area contributed by atoms with Crippen LogP contribution in [-0.4, -0.2) is 26.7 Å². The summed E-state index contributed by atoms with van der Waals surface area (Å²) >= 11 is 0. The van der Waals surface area contributed by atoms with Crippen molar-refractivity contribution in [2.24, 2.45) is 0 Å². The van der Waals surface area contributed by atoms with Gasteiger partial charge in [0.25, 0.3) is 0 Å². The number of aromatic amines is 2. The zero-order valence-electron chi connectivity index (χ0n) is 11.4. The average molecular weight is 270 g/mol. The van der Waals surface area contributed by atoms with Gasteiger partial charge in [0.2, 0.25) is 0 Å². The van der Waals surface area contributed by atoms with Gasteiger partial charge in [0.15, 0.2) is 5.82 Å². The second kappa shape index (κ2) is 5.34. The van der Waals surface area contributed by atoms with Crippen molar-refractivity contribution in [3.05, 3.63) is 30.1 Å². The first-order valence-corrected chi connectivity index (χ1v) is 6.77. The van der Waals surface area contributed by atoms with Crippen molar-refractivity contribution in [1.82, 2.24) is 25.5 Å². The van der Waals surface area contributed by atoms with Crippen LogP contribution < -0.4 is 11.1 Å². The number of nitrogens with two attached hydrogens (primary N) is 1. The second-order valence-electron chi connectivity index (χ2n) is 4.83. The number of nitrogens with zero attached hydrogens (tertiary/aromatic N) is 2. The van der Waals surface area contributed by atoms with Gasteiger partial charge in [-0.1, -0.05) is 6.92 Å². The van der Waals surface area contributed by atoms with E-state index in [2.05, 4.69) is 32.4 Å². The summed E-state index contributed by atoms with van der Waals surface area (Å²) in [7, 11) is 0. The summed E-state index contributed by atoms with van der Waals surface area (Å²) in [5, 5.41) is 12.7. The van der Waals surface area contributed by atoms with E-state index in [0.717, 1.165) is 46.9 Å². The first-order chi connectivity index (χ1) is 9.76. The fourth-order valence-electron chi connectivity index (χ4n) is 2.16. The number of anilines is 1. The molecule has 5 N–H and O–H groups in total. The van der Waals surface area contributed by atoms with E-state index in [1.807, 2.05) is 24.3 Å². The molecular weight excluding hydrogens is 252 g/mol. The van der Waals surface area contributed by atoms with E-state index in [4.69, 9.17) is 5.73 Å². The maximum atomic E-state index is 5.79. The van der Waals surface area contributed by atoms with Crippen molar-refractivity contribution in [1.29, 1.82) is 0 Å². The lowest BCUT2D eigenvalue weighted by Gasteiger charge is -1.97. The summed E-state index contributed by atoms with van der Waals surface area (Å²) in [5.74, 6) is 1.58. The molecule has 2 aromatic heterocycles. The van der Waals surface area contributed by atoms with E-state index in [9.17, 15) is 0 Å². The molecule has 3 rings (SSSR count). The standard InChI is InChI=1S/C14H18N6/c1-2-5-16-8-13-18-14(20-19-13)12-7-9-6-10(15)3-4-11(9)17-12/h3-4,6-7,16-17H,2,5,8,15H2,1H3,(H,18,19,20). The van der Waals surface area contributed by atoms with Crippen LogP contribution in [0, 0.1) is 0 Å². The number of hydrogen-bond acceptors (Lipinski definition) is 4. The lowest BCUT2D eigenvalue weighted by atomic mass is 10.2. The van der Waals surface area contributed by atoms with Crippen LogP contribution in [0.4, 0.5) is 5.69 Å². The molecule has 0 unspecified atom stereocenters. The zero-order chi connectivity index (χ0) is 13.9. The molecule has 0 aliphatic rings. The monoisotopic (exact) mass is 270 g/mol. The van der Waals surface area contributed by atoms with Crippen LogP contribution in [0.15, 0.2) is 24.3 Å². The quantitative estimate of drug-likeness (QED) is 0.421. The van der Waals surface area contributed by atoms with Gasteiger partial charge in [-0.25, -0.2) is 0 Å². The fourth-order valence-corrected chi connectivity index (χ4v) is 2.16. The van der Waals surface area contributed by atoms with Gasteiger partial charge < -0.3 is 21.0 Å². The van der Waals surface area contributed by atoms with Crippen molar-refractivity contribution >= 4 is 16.6 Å². The minimum Gasteiger partial charge on any atom is -0.399 e. The Morgan fingerprint density at radius 1 is 1.20 bits per heavy atom. The lowest BCUT2D eigenvalue weighted by Crippen LogP contribution is -2.14. The van der Waals surface area contributed by atoms with E-state index in [1.165, 1.54) is 0 Å². The highest BCUT2D eigenvalue weighted by molar-refractivity contribution is 5.87. The Morgan fingerprint density at radius 2 is 2.10 bits per heavy atom. The third-order valence-electron chi connectivity index (χ3n) is 3.15. The molecule has 0 saturated carbocycles. The van der Waals surface area contributed by atoms with Crippen LogP contribution >= 0.6 is 0 Å². The van der Waals surface area contributed by atoms with Crippen LogP contribution in [0.25, 0.3) is 22.4 Å². The van der Waals surface area contributed by atoms with E-state index in [0.29, 0.717) is 6.54 Å². The van der Waals surface area contributed by atoms with Crippen molar-refractivity contribution < 1.29 is 0 Å². The highest BCUT2D eigenvalue weighted by Gasteiger charge is 2.08. The zero-order valence-corrected chi connectivity index (χ0v) is 11.4. The molecule has 0 amide bonds. The molecule has 0 aliphatic carbocycles. The summed E-state index contributed by atoms with van der Waals surface area (Å²) in [6.07, 6.45) is 1.10. The van der Waals surface area contributed by atoms with Gasteiger partial charge in [-0.2, -0.15) is 0 Å². The van der Waals surface area contributed by atoms with Gasteiger partial charge in [-0.3, -0.25) is 0 Å². The van der Waals surface area contributed by atoms with Gasteiger partial charge >= 0.3 is 0 Å². The Morgan fingerprint density at radius 3 is 2.95 bits per heavy atom. The van der Waals surface area contributed by atoms with Crippen LogP contribution in [-0.2, 0) is 6.54 Å². The molecule has 0 bridgehead atoms. The second-order valence-corrected chi connectivity index (χ2v) is 4.83. The van der Waals surface area contributed by atoms with Gasteiger partial charge in [0, 0.05) is 16.6 Å². The van der Waals surface area contributed by atoms with Crippen molar-refractivity contribution in [3.63, 3.8) is 0 Å². The van der Waals surface area contributed by atoms with Gasteiger partial charge in [0.1, 0.15) is 5.82 Å². The Labute approximate surface area is 116 Å². The van der Waals surface area contributed by atoms with E-state index >= 15 is 0 Å². The number of H-pyrrole nitrogens is 2. The minimum absolute atomic E-state index is 0.702. The molecule has 2 heterocycles. The normalized spacial score (nSPS) is 11.2. The van der Waals surface area contributed by atoms with Crippen LogP contribution in [0.5, 0.6) is 0 Å². The maximum absolute atomic E-state index is 5.79. The Kier molecular flexibility index (Phi) is 3.39. The highest BCUT2D eigenvalue weighted by Crippen LogP contribution is 2.23.